The topological polar surface area (TPSA) is 18.5 Å². The van der Waals surface area contributed by atoms with Crippen molar-refractivity contribution in [2.24, 2.45) is 0 Å². The minimum Gasteiger partial charge on any atom is -0.496 e. The van der Waals surface area contributed by atoms with Crippen LogP contribution in [0.3, 0.4) is 0 Å². The van der Waals surface area contributed by atoms with Crippen molar-refractivity contribution in [3.05, 3.63) is 29.3 Å². The van der Waals surface area contributed by atoms with Gasteiger partial charge in [-0.25, -0.2) is 0 Å². The molecule has 0 N–H and O–H groups in total. The van der Waals surface area contributed by atoms with Gasteiger partial charge in [0.1, 0.15) is 17.1 Å². The first kappa shape index (κ1) is 12.6. The first-order valence-electron chi connectivity index (χ1n) is 7.30. The van der Waals surface area contributed by atoms with E-state index in [2.05, 4.69) is 25.1 Å². The van der Waals surface area contributed by atoms with E-state index in [-0.39, 0.29) is 5.60 Å². The summed E-state index contributed by atoms with van der Waals surface area (Å²) in [5.41, 5.74) is 2.22. The molecule has 1 fully saturated rings. The summed E-state index contributed by atoms with van der Waals surface area (Å²) in [6.07, 6.45) is 12.0. The SMILES string of the molecule is COc1ccc2c(c1C)OC1(C=C2)CCCCCC1. The second-order valence-corrected chi connectivity index (χ2v) is 5.73. The van der Waals surface area contributed by atoms with Crippen LogP contribution < -0.4 is 9.47 Å². The number of hydrogen-bond acceptors (Lipinski definition) is 2. The van der Waals surface area contributed by atoms with Crippen LogP contribution in [0.4, 0.5) is 0 Å². The van der Waals surface area contributed by atoms with Gasteiger partial charge in [0.05, 0.1) is 7.11 Å². The van der Waals surface area contributed by atoms with Crippen molar-refractivity contribution in [2.75, 3.05) is 7.11 Å². The first-order chi connectivity index (χ1) is 9.24. The van der Waals surface area contributed by atoms with E-state index in [1.54, 1.807) is 7.11 Å². The molecule has 2 heteroatoms. The predicted octanol–water partition coefficient (Wildman–Crippen LogP) is 4.50. The van der Waals surface area contributed by atoms with E-state index in [1.807, 2.05) is 6.07 Å². The molecule has 1 aromatic carbocycles. The van der Waals surface area contributed by atoms with Crippen LogP contribution >= 0.6 is 0 Å². The number of ether oxygens (including phenoxy) is 2. The van der Waals surface area contributed by atoms with Gasteiger partial charge in [0, 0.05) is 11.1 Å². The third-order valence-corrected chi connectivity index (χ3v) is 4.43. The van der Waals surface area contributed by atoms with Crippen LogP contribution in [0, 0.1) is 6.92 Å². The maximum Gasteiger partial charge on any atom is 0.134 e. The lowest BCUT2D eigenvalue weighted by molar-refractivity contribution is 0.0986. The molecule has 1 saturated carbocycles. The molecule has 0 saturated heterocycles. The third kappa shape index (κ3) is 2.24. The number of rotatable bonds is 1. The van der Waals surface area contributed by atoms with E-state index in [1.165, 1.54) is 31.2 Å². The molecule has 19 heavy (non-hydrogen) atoms. The Labute approximate surface area is 115 Å². The molecule has 0 aromatic heterocycles. The quantitative estimate of drug-likeness (QED) is 0.738. The lowest BCUT2D eigenvalue weighted by Crippen LogP contribution is -2.35. The highest BCUT2D eigenvalue weighted by Gasteiger charge is 2.34. The van der Waals surface area contributed by atoms with Gasteiger partial charge in [0.25, 0.3) is 0 Å². The van der Waals surface area contributed by atoms with E-state index in [0.29, 0.717) is 0 Å². The summed E-state index contributed by atoms with van der Waals surface area (Å²) >= 11 is 0. The Bertz CT molecular complexity index is 494. The fraction of sp³-hybridized carbons (Fsp3) is 0.529. The van der Waals surface area contributed by atoms with E-state index < -0.39 is 0 Å². The van der Waals surface area contributed by atoms with E-state index in [0.717, 1.165) is 29.9 Å². The highest BCUT2D eigenvalue weighted by molar-refractivity contribution is 5.66. The summed E-state index contributed by atoms with van der Waals surface area (Å²) in [5.74, 6) is 1.93. The molecule has 3 rings (SSSR count). The molecule has 0 unspecified atom stereocenters. The average Bonchev–Trinajstić information content (AvgIpc) is 2.66. The number of benzene rings is 1. The Kier molecular flexibility index (Phi) is 3.26. The maximum absolute atomic E-state index is 6.45. The minimum atomic E-state index is -0.0688. The highest BCUT2D eigenvalue weighted by Crippen LogP contribution is 2.42. The first-order valence-corrected chi connectivity index (χ1v) is 7.30. The molecule has 0 amide bonds. The Morgan fingerprint density at radius 3 is 2.53 bits per heavy atom. The summed E-state index contributed by atoms with van der Waals surface area (Å²) in [6.45, 7) is 2.08. The van der Waals surface area contributed by atoms with Gasteiger partial charge in [0.2, 0.25) is 0 Å². The monoisotopic (exact) mass is 258 g/mol. The molecular formula is C17H22O2. The molecular weight excluding hydrogens is 236 g/mol. The van der Waals surface area contributed by atoms with Crippen molar-refractivity contribution < 1.29 is 9.47 Å². The number of fused-ring (bicyclic) bond motifs is 1. The smallest absolute Gasteiger partial charge is 0.134 e. The van der Waals surface area contributed by atoms with Gasteiger partial charge >= 0.3 is 0 Å². The lowest BCUT2D eigenvalue weighted by atomic mass is 9.90. The van der Waals surface area contributed by atoms with Crippen molar-refractivity contribution >= 4 is 6.08 Å². The summed E-state index contributed by atoms with van der Waals surface area (Å²) in [4.78, 5) is 0. The number of methoxy groups -OCH3 is 1. The van der Waals surface area contributed by atoms with Crippen molar-refractivity contribution in [3.8, 4) is 11.5 Å². The predicted molar refractivity (Wildman–Crippen MR) is 77.8 cm³/mol. The zero-order valence-corrected chi connectivity index (χ0v) is 11.9. The summed E-state index contributed by atoms with van der Waals surface area (Å²) in [6, 6.07) is 4.11. The summed E-state index contributed by atoms with van der Waals surface area (Å²) in [7, 11) is 1.72. The Morgan fingerprint density at radius 1 is 1.11 bits per heavy atom. The molecule has 1 aliphatic heterocycles. The van der Waals surface area contributed by atoms with Gasteiger partial charge in [0.15, 0.2) is 0 Å². The number of hydrogen-bond donors (Lipinski definition) is 0. The Hall–Kier alpha value is -1.44. The minimum absolute atomic E-state index is 0.0688. The Balaban J connectivity index is 1.97. The molecule has 0 atom stereocenters. The van der Waals surface area contributed by atoms with Crippen LogP contribution in [0.2, 0.25) is 0 Å². The van der Waals surface area contributed by atoms with Gasteiger partial charge in [-0.2, -0.15) is 0 Å². The second kappa shape index (κ2) is 4.92. The molecule has 2 nitrogen and oxygen atoms in total. The van der Waals surface area contributed by atoms with Gasteiger partial charge < -0.3 is 9.47 Å². The van der Waals surface area contributed by atoms with Gasteiger partial charge in [-0.1, -0.05) is 18.9 Å². The lowest BCUT2D eigenvalue weighted by Gasteiger charge is -2.35. The molecule has 1 aliphatic carbocycles. The largest absolute Gasteiger partial charge is 0.496 e. The molecule has 1 heterocycles. The van der Waals surface area contributed by atoms with Crippen LogP contribution in [0.1, 0.15) is 49.7 Å². The van der Waals surface area contributed by atoms with Crippen LogP contribution in [-0.4, -0.2) is 12.7 Å². The zero-order chi connectivity index (χ0) is 13.3. The standard InChI is InChI=1S/C17H22O2/c1-13-15(18-2)8-7-14-9-12-17(19-16(13)14)10-5-3-4-6-11-17/h7-9,12H,3-6,10-11H2,1-2H3. The highest BCUT2D eigenvalue weighted by atomic mass is 16.5. The van der Waals surface area contributed by atoms with E-state index in [9.17, 15) is 0 Å². The van der Waals surface area contributed by atoms with Crippen molar-refractivity contribution in [3.63, 3.8) is 0 Å². The van der Waals surface area contributed by atoms with Crippen LogP contribution in [0.25, 0.3) is 6.08 Å². The fourth-order valence-electron chi connectivity index (χ4n) is 3.26. The molecule has 102 valence electrons. The van der Waals surface area contributed by atoms with E-state index >= 15 is 0 Å². The maximum atomic E-state index is 6.45. The van der Waals surface area contributed by atoms with Gasteiger partial charge in [-0.3, -0.25) is 0 Å². The van der Waals surface area contributed by atoms with Crippen molar-refractivity contribution in [1.82, 2.24) is 0 Å². The molecule has 2 aliphatic rings. The van der Waals surface area contributed by atoms with Crippen molar-refractivity contribution in [2.45, 2.75) is 51.0 Å². The van der Waals surface area contributed by atoms with Crippen LogP contribution in [-0.2, 0) is 0 Å². The summed E-state index contributed by atoms with van der Waals surface area (Å²) in [5, 5.41) is 0. The molecule has 0 bridgehead atoms. The normalized spacial score (nSPS) is 20.5. The second-order valence-electron chi connectivity index (χ2n) is 5.73. The molecule has 1 aromatic rings. The molecule has 1 spiro atoms. The summed E-state index contributed by atoms with van der Waals surface area (Å²) < 4.78 is 11.9. The fourth-order valence-corrected chi connectivity index (χ4v) is 3.26. The van der Waals surface area contributed by atoms with Crippen LogP contribution in [0.15, 0.2) is 18.2 Å². The van der Waals surface area contributed by atoms with Gasteiger partial charge in [-0.05, 0) is 50.8 Å². The van der Waals surface area contributed by atoms with Gasteiger partial charge in [-0.15, -0.1) is 0 Å². The Morgan fingerprint density at radius 2 is 1.84 bits per heavy atom. The van der Waals surface area contributed by atoms with Crippen molar-refractivity contribution in [1.29, 1.82) is 0 Å². The van der Waals surface area contributed by atoms with E-state index in [4.69, 9.17) is 9.47 Å². The zero-order valence-electron chi connectivity index (χ0n) is 11.9. The average molecular weight is 258 g/mol. The molecule has 0 radical (unpaired) electrons. The van der Waals surface area contributed by atoms with Crippen LogP contribution in [0.5, 0.6) is 11.5 Å². The third-order valence-electron chi connectivity index (χ3n) is 4.43.